The number of carbonyl (C=O) groups is 1. The topological polar surface area (TPSA) is 115 Å². The van der Waals surface area contributed by atoms with E-state index in [1.807, 2.05) is 13.0 Å². The molecule has 8 heteroatoms. The lowest BCUT2D eigenvalue weighted by atomic mass is 10.1. The van der Waals surface area contributed by atoms with E-state index >= 15 is 0 Å². The maximum Gasteiger partial charge on any atom is 0.331 e. The molecule has 0 bridgehead atoms. The maximum absolute atomic E-state index is 12.1. The molecule has 3 aromatic rings. The van der Waals surface area contributed by atoms with E-state index in [9.17, 15) is 19.7 Å². The molecule has 0 saturated carbocycles. The Morgan fingerprint density at radius 3 is 2.81 bits per heavy atom. The Hall–Kier alpha value is -3.81. The molecule has 1 aromatic heterocycles. The number of aromatic nitrogens is 2. The van der Waals surface area contributed by atoms with Crippen LogP contribution in [0.3, 0.4) is 0 Å². The van der Waals surface area contributed by atoms with Crippen molar-refractivity contribution in [1.29, 1.82) is 0 Å². The number of benzene rings is 2. The van der Waals surface area contributed by atoms with Crippen LogP contribution in [-0.2, 0) is 16.1 Å². The Kier molecular flexibility index (Phi) is 5.07. The lowest BCUT2D eigenvalue weighted by Crippen LogP contribution is -2.14. The van der Waals surface area contributed by atoms with Gasteiger partial charge in [-0.25, -0.2) is 9.78 Å². The number of nitrogens with zero attached hydrogens (tertiary/aromatic N) is 2. The van der Waals surface area contributed by atoms with Gasteiger partial charge in [0.2, 0.25) is 0 Å². The van der Waals surface area contributed by atoms with E-state index in [-0.39, 0.29) is 29.2 Å². The summed E-state index contributed by atoms with van der Waals surface area (Å²) >= 11 is 0. The third kappa shape index (κ3) is 4.06. The summed E-state index contributed by atoms with van der Waals surface area (Å²) in [5, 5.41) is 11.4. The van der Waals surface area contributed by atoms with Gasteiger partial charge in [-0.2, -0.15) is 0 Å². The van der Waals surface area contributed by atoms with E-state index < -0.39 is 10.9 Å². The Morgan fingerprint density at radius 2 is 2.04 bits per heavy atom. The highest BCUT2D eigenvalue weighted by molar-refractivity contribution is 5.88. The van der Waals surface area contributed by atoms with Crippen LogP contribution in [0.2, 0.25) is 0 Å². The summed E-state index contributed by atoms with van der Waals surface area (Å²) in [5.41, 5.74) is 1.24. The second-order valence-electron chi connectivity index (χ2n) is 5.74. The predicted octanol–water partition coefficient (Wildman–Crippen LogP) is 2.90. The van der Waals surface area contributed by atoms with Crippen molar-refractivity contribution < 1.29 is 14.5 Å². The van der Waals surface area contributed by atoms with Gasteiger partial charge in [0.1, 0.15) is 12.4 Å². The Bertz CT molecular complexity index is 1120. The smallest absolute Gasteiger partial charge is 0.331 e. The van der Waals surface area contributed by atoms with Gasteiger partial charge in [-0.3, -0.25) is 14.9 Å². The molecule has 136 valence electrons. The molecule has 27 heavy (non-hydrogen) atoms. The SMILES string of the molecule is Cc1cccc2c(=O)[nH]c(COC(=O)/C=C/c3ccccc3[N+](=O)[O-])nc12. The van der Waals surface area contributed by atoms with Crippen LogP contribution in [0, 0.1) is 17.0 Å². The number of nitrogens with one attached hydrogen (secondary N) is 1. The molecular formula is C19H15N3O5. The highest BCUT2D eigenvalue weighted by atomic mass is 16.6. The summed E-state index contributed by atoms with van der Waals surface area (Å²) in [6.07, 6.45) is 2.40. The maximum atomic E-state index is 12.1. The second kappa shape index (κ2) is 7.61. The van der Waals surface area contributed by atoms with E-state index in [2.05, 4.69) is 9.97 Å². The molecule has 0 saturated heterocycles. The number of carbonyl (C=O) groups excluding carboxylic acids is 1. The van der Waals surface area contributed by atoms with Crippen molar-refractivity contribution in [3.63, 3.8) is 0 Å². The minimum atomic E-state index is -0.708. The van der Waals surface area contributed by atoms with Crippen LogP contribution in [0.15, 0.2) is 53.3 Å². The number of hydrogen-bond donors (Lipinski definition) is 1. The van der Waals surface area contributed by atoms with Crippen LogP contribution in [0.25, 0.3) is 17.0 Å². The van der Waals surface area contributed by atoms with Crippen molar-refractivity contribution in [2.45, 2.75) is 13.5 Å². The summed E-state index contributed by atoms with van der Waals surface area (Å²) in [4.78, 5) is 41.3. The van der Waals surface area contributed by atoms with Crippen LogP contribution < -0.4 is 5.56 Å². The molecule has 8 nitrogen and oxygen atoms in total. The monoisotopic (exact) mass is 365 g/mol. The van der Waals surface area contributed by atoms with Gasteiger partial charge in [0.05, 0.1) is 21.4 Å². The number of fused-ring (bicyclic) bond motifs is 1. The highest BCUT2D eigenvalue weighted by Gasteiger charge is 2.11. The normalized spacial score (nSPS) is 11.0. The molecule has 0 fully saturated rings. The predicted molar refractivity (Wildman–Crippen MR) is 99.0 cm³/mol. The molecule has 0 spiro atoms. The van der Waals surface area contributed by atoms with Crippen LogP contribution in [0.5, 0.6) is 0 Å². The van der Waals surface area contributed by atoms with Gasteiger partial charge in [0, 0.05) is 12.1 Å². The molecule has 0 amide bonds. The van der Waals surface area contributed by atoms with Gasteiger partial charge in [-0.15, -0.1) is 0 Å². The molecule has 0 radical (unpaired) electrons. The third-order valence-corrected chi connectivity index (χ3v) is 3.87. The van der Waals surface area contributed by atoms with Crippen molar-refractivity contribution in [2.75, 3.05) is 0 Å². The van der Waals surface area contributed by atoms with Gasteiger partial charge >= 0.3 is 5.97 Å². The summed E-state index contributed by atoms with van der Waals surface area (Å²) in [5.74, 6) is -0.491. The first-order valence-corrected chi connectivity index (χ1v) is 8.02. The lowest BCUT2D eigenvalue weighted by Gasteiger charge is -2.05. The zero-order valence-corrected chi connectivity index (χ0v) is 14.3. The highest BCUT2D eigenvalue weighted by Crippen LogP contribution is 2.19. The average Bonchev–Trinajstić information content (AvgIpc) is 2.65. The van der Waals surface area contributed by atoms with E-state index in [4.69, 9.17) is 4.74 Å². The van der Waals surface area contributed by atoms with Gasteiger partial charge in [0.25, 0.3) is 11.2 Å². The quantitative estimate of drug-likeness (QED) is 0.322. The number of hydrogen-bond acceptors (Lipinski definition) is 6. The molecule has 1 heterocycles. The number of rotatable bonds is 5. The largest absolute Gasteiger partial charge is 0.454 e. The number of esters is 1. The van der Waals surface area contributed by atoms with Crippen molar-refractivity contribution in [2.24, 2.45) is 0 Å². The first-order valence-electron chi connectivity index (χ1n) is 8.02. The number of ether oxygens (including phenoxy) is 1. The van der Waals surface area contributed by atoms with Crippen LogP contribution in [0.1, 0.15) is 17.0 Å². The first-order chi connectivity index (χ1) is 13.0. The van der Waals surface area contributed by atoms with Gasteiger partial charge in [0.15, 0.2) is 0 Å². The zero-order valence-electron chi connectivity index (χ0n) is 14.3. The number of H-pyrrole nitrogens is 1. The third-order valence-electron chi connectivity index (χ3n) is 3.87. The van der Waals surface area contributed by atoms with E-state index in [0.29, 0.717) is 10.9 Å². The van der Waals surface area contributed by atoms with E-state index in [1.165, 1.54) is 24.3 Å². The molecule has 0 unspecified atom stereocenters. The van der Waals surface area contributed by atoms with Gasteiger partial charge < -0.3 is 9.72 Å². The fourth-order valence-electron chi connectivity index (χ4n) is 2.56. The zero-order chi connectivity index (χ0) is 19.4. The number of nitro groups is 1. The Labute approximate surface area is 153 Å². The van der Waals surface area contributed by atoms with Gasteiger partial charge in [-0.1, -0.05) is 24.3 Å². The fourth-order valence-corrected chi connectivity index (χ4v) is 2.56. The first kappa shape index (κ1) is 18.0. The molecule has 0 aliphatic carbocycles. The van der Waals surface area contributed by atoms with Crippen LogP contribution in [-0.4, -0.2) is 20.9 Å². The van der Waals surface area contributed by atoms with Crippen molar-refractivity contribution >= 4 is 28.6 Å². The lowest BCUT2D eigenvalue weighted by molar-refractivity contribution is -0.385. The molecule has 2 aromatic carbocycles. The number of nitro benzene ring substituents is 1. The molecule has 0 aliphatic rings. The molecular weight excluding hydrogens is 350 g/mol. The Morgan fingerprint density at radius 1 is 1.26 bits per heavy atom. The molecule has 1 N–H and O–H groups in total. The molecule has 0 atom stereocenters. The van der Waals surface area contributed by atoms with E-state index in [1.54, 1.807) is 18.2 Å². The summed E-state index contributed by atoms with van der Waals surface area (Å²) in [6.45, 7) is 1.61. The summed E-state index contributed by atoms with van der Waals surface area (Å²) < 4.78 is 5.07. The van der Waals surface area contributed by atoms with Crippen molar-refractivity contribution in [3.8, 4) is 0 Å². The van der Waals surface area contributed by atoms with Crippen molar-refractivity contribution in [1.82, 2.24) is 9.97 Å². The second-order valence-corrected chi connectivity index (χ2v) is 5.74. The standard InChI is InChI=1S/C19H15N3O5/c1-12-5-4-7-14-18(12)20-16(21-19(14)24)11-27-17(23)10-9-13-6-2-3-8-15(13)22(25)26/h2-10H,11H2,1H3,(H,20,21,24)/b10-9+. The van der Waals surface area contributed by atoms with Crippen molar-refractivity contribution in [3.05, 3.63) is 86.0 Å². The van der Waals surface area contributed by atoms with Gasteiger partial charge in [-0.05, 0) is 30.7 Å². The average molecular weight is 365 g/mol. The summed E-state index contributed by atoms with van der Waals surface area (Å²) in [6, 6.07) is 11.3. The molecule has 0 aliphatic heterocycles. The minimum Gasteiger partial charge on any atom is -0.454 e. The Balaban J connectivity index is 1.73. The fraction of sp³-hybridized carbons (Fsp3) is 0.105. The summed E-state index contributed by atoms with van der Waals surface area (Å²) in [7, 11) is 0. The minimum absolute atomic E-state index is 0.113. The van der Waals surface area contributed by atoms with E-state index in [0.717, 1.165) is 11.6 Å². The molecule has 3 rings (SSSR count). The number of para-hydroxylation sites is 2. The number of aromatic amines is 1. The number of aryl methyl sites for hydroxylation is 1. The van der Waals surface area contributed by atoms with Crippen LogP contribution >= 0.6 is 0 Å². The van der Waals surface area contributed by atoms with Crippen LogP contribution in [0.4, 0.5) is 5.69 Å².